The zero-order valence-electron chi connectivity index (χ0n) is 9.02. The first-order valence-corrected chi connectivity index (χ1v) is 6.31. The number of aromatic nitrogens is 1. The number of hydrogen-bond donors (Lipinski definition) is 2. The Morgan fingerprint density at radius 2 is 2.31 bits per heavy atom. The summed E-state index contributed by atoms with van der Waals surface area (Å²) in [6.07, 6.45) is 2.40. The Bertz CT molecular complexity index is 334. The van der Waals surface area contributed by atoms with E-state index in [0.29, 0.717) is 5.56 Å². The Kier molecular flexibility index (Phi) is 6.38. The Morgan fingerprint density at radius 3 is 2.94 bits per heavy atom. The molecule has 0 radical (unpaired) electrons. The van der Waals surface area contributed by atoms with Crippen molar-refractivity contribution in [1.82, 2.24) is 4.98 Å². The molecule has 0 spiro atoms. The van der Waals surface area contributed by atoms with E-state index in [4.69, 9.17) is 10.4 Å². The van der Waals surface area contributed by atoms with E-state index >= 15 is 0 Å². The third kappa shape index (κ3) is 5.01. The number of anilines is 1. The van der Waals surface area contributed by atoms with Crippen LogP contribution in [-0.4, -0.2) is 34.7 Å². The average molecular weight is 237 g/mol. The minimum Gasteiger partial charge on any atom is -0.396 e. The monoisotopic (exact) mass is 237 g/mol. The van der Waals surface area contributed by atoms with Gasteiger partial charge in [0.2, 0.25) is 0 Å². The fraction of sp³-hybridized carbons (Fsp3) is 0.455. The molecule has 1 aromatic rings. The molecule has 2 N–H and O–H groups in total. The van der Waals surface area contributed by atoms with Gasteiger partial charge in [0.05, 0.1) is 5.56 Å². The molecule has 0 atom stereocenters. The lowest BCUT2D eigenvalue weighted by Gasteiger charge is -2.04. The molecule has 0 fully saturated rings. The average Bonchev–Trinajstić information content (AvgIpc) is 2.34. The number of aliphatic hydroxyl groups excluding tert-OH is 1. The van der Waals surface area contributed by atoms with Gasteiger partial charge in [-0.2, -0.15) is 17.0 Å². The molecule has 0 saturated heterocycles. The Morgan fingerprint density at radius 1 is 1.44 bits per heavy atom. The lowest BCUT2D eigenvalue weighted by molar-refractivity contribution is 0.296. The van der Waals surface area contributed by atoms with Crippen molar-refractivity contribution >= 4 is 17.6 Å². The van der Waals surface area contributed by atoms with Crippen LogP contribution in [0.15, 0.2) is 18.3 Å². The maximum absolute atomic E-state index is 8.59. The van der Waals surface area contributed by atoms with Crippen LogP contribution in [0.2, 0.25) is 0 Å². The van der Waals surface area contributed by atoms with Crippen LogP contribution in [0.5, 0.6) is 0 Å². The van der Waals surface area contributed by atoms with Gasteiger partial charge in [-0.25, -0.2) is 4.98 Å². The molecule has 0 amide bonds. The minimum absolute atomic E-state index is 0.262. The fourth-order valence-electron chi connectivity index (χ4n) is 1.08. The van der Waals surface area contributed by atoms with Gasteiger partial charge in [-0.05, 0) is 24.3 Å². The van der Waals surface area contributed by atoms with Crippen molar-refractivity contribution < 1.29 is 5.11 Å². The summed E-state index contributed by atoms with van der Waals surface area (Å²) in [6, 6.07) is 5.57. The molecule has 0 aliphatic rings. The Labute approximate surface area is 99.7 Å². The van der Waals surface area contributed by atoms with E-state index < -0.39 is 0 Å². The normalized spacial score (nSPS) is 9.75. The third-order valence-corrected chi connectivity index (χ3v) is 2.96. The van der Waals surface area contributed by atoms with Gasteiger partial charge in [-0.15, -0.1) is 0 Å². The molecule has 1 rings (SSSR count). The van der Waals surface area contributed by atoms with Crippen molar-refractivity contribution in [3.63, 3.8) is 0 Å². The number of pyridine rings is 1. The molecule has 5 heteroatoms. The first-order chi connectivity index (χ1) is 7.86. The second-order valence-corrected chi connectivity index (χ2v) is 4.38. The molecule has 0 bridgehead atoms. The zero-order valence-corrected chi connectivity index (χ0v) is 9.83. The molecule has 0 aliphatic carbocycles. The Balaban J connectivity index is 2.15. The number of nitrogens with one attached hydrogen (secondary N) is 1. The van der Waals surface area contributed by atoms with Gasteiger partial charge in [0.1, 0.15) is 11.9 Å². The molecular weight excluding hydrogens is 222 g/mol. The lowest BCUT2D eigenvalue weighted by atomic mass is 10.3. The number of nitrogens with zero attached hydrogens (tertiary/aromatic N) is 2. The summed E-state index contributed by atoms with van der Waals surface area (Å²) in [4.78, 5) is 4.10. The van der Waals surface area contributed by atoms with Crippen molar-refractivity contribution in [2.24, 2.45) is 0 Å². The minimum atomic E-state index is 0.262. The van der Waals surface area contributed by atoms with Gasteiger partial charge >= 0.3 is 0 Å². The summed E-state index contributed by atoms with van der Waals surface area (Å²) in [6.45, 7) is 1.10. The molecule has 0 unspecified atom stereocenters. The van der Waals surface area contributed by atoms with Crippen LogP contribution < -0.4 is 5.32 Å². The first kappa shape index (κ1) is 12.8. The number of aliphatic hydroxyl groups is 1. The van der Waals surface area contributed by atoms with Crippen LogP contribution in [0.4, 0.5) is 5.82 Å². The highest BCUT2D eigenvalue weighted by Crippen LogP contribution is 2.05. The van der Waals surface area contributed by atoms with E-state index in [0.717, 1.165) is 30.3 Å². The molecule has 0 saturated carbocycles. The van der Waals surface area contributed by atoms with Gasteiger partial charge in [0, 0.05) is 25.1 Å². The van der Waals surface area contributed by atoms with Crippen molar-refractivity contribution in [3.8, 4) is 6.07 Å². The molecule has 16 heavy (non-hydrogen) atoms. The van der Waals surface area contributed by atoms with Gasteiger partial charge < -0.3 is 10.4 Å². The topological polar surface area (TPSA) is 68.9 Å². The predicted octanol–water partition coefficient (Wildman–Crippen LogP) is 1.48. The fourth-order valence-corrected chi connectivity index (χ4v) is 1.87. The molecule has 1 aromatic heterocycles. The van der Waals surface area contributed by atoms with E-state index in [2.05, 4.69) is 10.3 Å². The molecular formula is C11H15N3OS. The van der Waals surface area contributed by atoms with Crippen LogP contribution in [0.3, 0.4) is 0 Å². The van der Waals surface area contributed by atoms with Gasteiger partial charge in [-0.3, -0.25) is 0 Å². The third-order valence-electron chi connectivity index (χ3n) is 1.89. The van der Waals surface area contributed by atoms with E-state index in [9.17, 15) is 0 Å². The van der Waals surface area contributed by atoms with Crippen molar-refractivity contribution in [3.05, 3.63) is 23.9 Å². The highest BCUT2D eigenvalue weighted by atomic mass is 32.2. The summed E-state index contributed by atoms with van der Waals surface area (Å²) >= 11 is 1.80. The van der Waals surface area contributed by atoms with E-state index in [1.807, 2.05) is 6.07 Å². The zero-order chi connectivity index (χ0) is 11.6. The van der Waals surface area contributed by atoms with Gasteiger partial charge in [0.25, 0.3) is 0 Å². The SMILES string of the molecule is N#Cc1ccc(NCCSCCCO)nc1. The van der Waals surface area contributed by atoms with E-state index in [1.165, 1.54) is 0 Å². The van der Waals surface area contributed by atoms with E-state index in [1.54, 1.807) is 30.1 Å². The van der Waals surface area contributed by atoms with Gasteiger partial charge in [-0.1, -0.05) is 0 Å². The standard InChI is InChI=1S/C11H15N3OS/c12-8-10-2-3-11(14-9-10)13-4-7-16-6-1-5-15/h2-3,9,15H,1,4-7H2,(H,13,14). The second kappa shape index (κ2) is 7.97. The number of hydrogen-bond acceptors (Lipinski definition) is 5. The van der Waals surface area contributed by atoms with Gasteiger partial charge in [0.15, 0.2) is 0 Å². The van der Waals surface area contributed by atoms with Crippen LogP contribution in [0.1, 0.15) is 12.0 Å². The van der Waals surface area contributed by atoms with Crippen molar-refractivity contribution in [1.29, 1.82) is 5.26 Å². The maximum Gasteiger partial charge on any atom is 0.125 e. The molecule has 0 aliphatic heterocycles. The summed E-state index contributed by atoms with van der Waals surface area (Å²) in [5, 5.41) is 20.3. The summed E-state index contributed by atoms with van der Waals surface area (Å²) in [5.74, 6) is 2.77. The second-order valence-electron chi connectivity index (χ2n) is 3.16. The number of rotatable bonds is 7. The van der Waals surface area contributed by atoms with E-state index in [-0.39, 0.29) is 6.61 Å². The molecule has 4 nitrogen and oxygen atoms in total. The van der Waals surface area contributed by atoms with Crippen LogP contribution in [0, 0.1) is 11.3 Å². The van der Waals surface area contributed by atoms with Crippen LogP contribution in [0.25, 0.3) is 0 Å². The highest BCUT2D eigenvalue weighted by molar-refractivity contribution is 7.99. The maximum atomic E-state index is 8.59. The summed E-state index contributed by atoms with van der Waals surface area (Å²) < 4.78 is 0. The van der Waals surface area contributed by atoms with Crippen molar-refractivity contribution in [2.75, 3.05) is 30.0 Å². The van der Waals surface area contributed by atoms with Crippen LogP contribution >= 0.6 is 11.8 Å². The lowest BCUT2D eigenvalue weighted by Crippen LogP contribution is -2.06. The quantitative estimate of drug-likeness (QED) is 0.703. The van der Waals surface area contributed by atoms with Crippen LogP contribution in [-0.2, 0) is 0 Å². The summed E-state index contributed by atoms with van der Waals surface area (Å²) in [7, 11) is 0. The molecule has 0 aromatic carbocycles. The van der Waals surface area contributed by atoms with Crippen molar-refractivity contribution in [2.45, 2.75) is 6.42 Å². The predicted molar refractivity (Wildman–Crippen MR) is 66.5 cm³/mol. The number of nitriles is 1. The molecule has 1 heterocycles. The smallest absolute Gasteiger partial charge is 0.125 e. The molecule has 86 valence electrons. The Hall–Kier alpha value is -1.25. The largest absolute Gasteiger partial charge is 0.396 e. The first-order valence-electron chi connectivity index (χ1n) is 5.15. The number of thioether (sulfide) groups is 1. The highest BCUT2D eigenvalue weighted by Gasteiger charge is 1.94. The summed E-state index contributed by atoms with van der Waals surface area (Å²) in [5.41, 5.74) is 0.572.